The molecule has 0 aromatic carbocycles. The van der Waals surface area contributed by atoms with Crippen molar-refractivity contribution in [2.45, 2.75) is 26.8 Å². The number of hydrogen-bond acceptors (Lipinski definition) is 2. The summed E-state index contributed by atoms with van der Waals surface area (Å²) >= 11 is 9.41. The molecule has 1 aromatic rings. The van der Waals surface area contributed by atoms with Crippen LogP contribution in [0.5, 0.6) is 0 Å². The monoisotopic (exact) mass is 290 g/mol. The van der Waals surface area contributed by atoms with Crippen molar-refractivity contribution < 1.29 is 0 Å². The van der Waals surface area contributed by atoms with Crippen LogP contribution >= 0.6 is 27.5 Å². The molecule has 0 spiro atoms. The molecule has 1 atom stereocenters. The Hall–Kier alpha value is -0.280. The topological polar surface area (TPSA) is 24.9 Å². The zero-order valence-corrected chi connectivity index (χ0v) is 11.6. The van der Waals surface area contributed by atoms with Crippen LogP contribution in [0.2, 0.25) is 0 Å². The molecule has 4 heteroatoms. The normalized spacial score (nSPS) is 13.7. The first-order chi connectivity index (χ1) is 6.95. The van der Waals surface area contributed by atoms with E-state index in [1.807, 2.05) is 6.07 Å². The van der Waals surface area contributed by atoms with Gasteiger partial charge in [-0.2, -0.15) is 0 Å². The Kier molecular flexibility index (Phi) is 4.41. The predicted molar refractivity (Wildman–Crippen MR) is 69.5 cm³/mol. The fourth-order valence-electron chi connectivity index (χ4n) is 1.17. The average molecular weight is 292 g/mol. The Morgan fingerprint density at radius 2 is 2.20 bits per heavy atom. The van der Waals surface area contributed by atoms with Crippen molar-refractivity contribution in [3.63, 3.8) is 0 Å². The van der Waals surface area contributed by atoms with E-state index in [-0.39, 0.29) is 11.5 Å². The maximum absolute atomic E-state index is 5.96. The standard InChI is InChI=1S/C11H16BrClN2/c1-11(2,3)10(6-13)15-9-4-5-14-7-8(9)12/h4-5,7,10H,6H2,1-3H3,(H,14,15). The molecule has 0 amide bonds. The lowest BCUT2D eigenvalue weighted by Gasteiger charge is -2.31. The second kappa shape index (κ2) is 5.17. The molecule has 1 N–H and O–H groups in total. The highest BCUT2D eigenvalue weighted by atomic mass is 79.9. The van der Waals surface area contributed by atoms with Crippen molar-refractivity contribution in [3.8, 4) is 0 Å². The minimum absolute atomic E-state index is 0.129. The Labute approximate surface area is 105 Å². The molecule has 0 radical (unpaired) electrons. The third kappa shape index (κ3) is 3.65. The molecule has 15 heavy (non-hydrogen) atoms. The van der Waals surface area contributed by atoms with Gasteiger partial charge in [-0.1, -0.05) is 20.8 Å². The highest BCUT2D eigenvalue weighted by molar-refractivity contribution is 9.10. The average Bonchev–Trinajstić information content (AvgIpc) is 2.14. The summed E-state index contributed by atoms with van der Waals surface area (Å²) in [6, 6.07) is 2.17. The second-order valence-corrected chi connectivity index (χ2v) is 5.74. The van der Waals surface area contributed by atoms with Crippen molar-refractivity contribution in [2.24, 2.45) is 5.41 Å². The first kappa shape index (κ1) is 12.8. The molecule has 0 saturated carbocycles. The van der Waals surface area contributed by atoms with Crippen LogP contribution in [0.25, 0.3) is 0 Å². The Morgan fingerprint density at radius 3 is 2.67 bits per heavy atom. The number of pyridine rings is 1. The minimum Gasteiger partial charge on any atom is -0.380 e. The zero-order chi connectivity index (χ0) is 11.5. The quantitative estimate of drug-likeness (QED) is 0.854. The number of nitrogens with zero attached hydrogens (tertiary/aromatic N) is 1. The van der Waals surface area contributed by atoms with Gasteiger partial charge in [0, 0.05) is 24.3 Å². The largest absolute Gasteiger partial charge is 0.380 e. The maximum atomic E-state index is 5.96. The zero-order valence-electron chi connectivity index (χ0n) is 9.22. The number of aromatic nitrogens is 1. The SMILES string of the molecule is CC(C)(C)C(CCl)Nc1ccncc1Br. The molecule has 1 rings (SSSR count). The van der Waals surface area contributed by atoms with E-state index in [0.717, 1.165) is 10.2 Å². The van der Waals surface area contributed by atoms with Crippen LogP contribution in [-0.4, -0.2) is 16.9 Å². The molecule has 1 aromatic heterocycles. The van der Waals surface area contributed by atoms with Gasteiger partial charge in [-0.3, -0.25) is 4.98 Å². The summed E-state index contributed by atoms with van der Waals surface area (Å²) in [5.41, 5.74) is 1.16. The van der Waals surface area contributed by atoms with E-state index in [1.54, 1.807) is 12.4 Å². The number of nitrogens with one attached hydrogen (secondary N) is 1. The highest BCUT2D eigenvalue weighted by Crippen LogP contribution is 2.27. The van der Waals surface area contributed by atoms with E-state index in [2.05, 4.69) is 47.0 Å². The number of alkyl halides is 1. The summed E-state index contributed by atoms with van der Waals surface area (Å²) in [4.78, 5) is 4.02. The fourth-order valence-corrected chi connectivity index (χ4v) is 2.07. The van der Waals surface area contributed by atoms with E-state index in [4.69, 9.17) is 11.6 Å². The number of halogens is 2. The summed E-state index contributed by atoms with van der Waals surface area (Å²) in [7, 11) is 0. The van der Waals surface area contributed by atoms with Gasteiger partial charge in [-0.25, -0.2) is 0 Å². The van der Waals surface area contributed by atoms with Crippen LogP contribution < -0.4 is 5.32 Å². The number of hydrogen-bond donors (Lipinski definition) is 1. The Morgan fingerprint density at radius 1 is 1.53 bits per heavy atom. The number of rotatable bonds is 3. The van der Waals surface area contributed by atoms with Crippen LogP contribution in [0, 0.1) is 5.41 Å². The summed E-state index contributed by atoms with van der Waals surface area (Å²) in [5.74, 6) is 0.582. The van der Waals surface area contributed by atoms with Gasteiger partial charge in [0.1, 0.15) is 0 Å². The van der Waals surface area contributed by atoms with E-state index >= 15 is 0 Å². The van der Waals surface area contributed by atoms with Crippen molar-refractivity contribution in [3.05, 3.63) is 22.9 Å². The summed E-state index contributed by atoms with van der Waals surface area (Å²) in [5, 5.41) is 3.42. The van der Waals surface area contributed by atoms with E-state index in [9.17, 15) is 0 Å². The van der Waals surface area contributed by atoms with Gasteiger partial charge in [-0.15, -0.1) is 11.6 Å². The third-order valence-corrected chi connectivity index (χ3v) is 3.24. The predicted octanol–water partition coefficient (Wildman–Crippen LogP) is 3.91. The lowest BCUT2D eigenvalue weighted by molar-refractivity contribution is 0.362. The Bertz CT molecular complexity index is 323. The van der Waals surface area contributed by atoms with Crippen molar-refractivity contribution in [1.29, 1.82) is 0 Å². The molecule has 0 fully saturated rings. The first-order valence-corrected chi connectivity index (χ1v) is 6.20. The van der Waals surface area contributed by atoms with E-state index < -0.39 is 0 Å². The van der Waals surface area contributed by atoms with Gasteiger partial charge in [0.2, 0.25) is 0 Å². The maximum Gasteiger partial charge on any atom is 0.0590 e. The molecule has 0 aliphatic heterocycles. The molecule has 84 valence electrons. The van der Waals surface area contributed by atoms with Crippen molar-refractivity contribution in [1.82, 2.24) is 4.98 Å². The van der Waals surface area contributed by atoms with Crippen LogP contribution in [0.15, 0.2) is 22.9 Å². The van der Waals surface area contributed by atoms with Crippen molar-refractivity contribution in [2.75, 3.05) is 11.2 Å². The van der Waals surface area contributed by atoms with E-state index in [1.165, 1.54) is 0 Å². The molecular formula is C11H16BrClN2. The first-order valence-electron chi connectivity index (χ1n) is 4.87. The molecule has 2 nitrogen and oxygen atoms in total. The van der Waals surface area contributed by atoms with Crippen molar-refractivity contribution >= 4 is 33.2 Å². The summed E-state index contributed by atoms with van der Waals surface area (Å²) in [6.45, 7) is 6.51. The van der Waals surface area contributed by atoms with Crippen LogP contribution in [0.3, 0.4) is 0 Å². The lowest BCUT2D eigenvalue weighted by atomic mass is 9.88. The second-order valence-electron chi connectivity index (χ2n) is 4.57. The minimum atomic E-state index is 0.129. The summed E-state index contributed by atoms with van der Waals surface area (Å²) in [6.07, 6.45) is 3.54. The van der Waals surface area contributed by atoms with Crippen LogP contribution in [0.1, 0.15) is 20.8 Å². The lowest BCUT2D eigenvalue weighted by Crippen LogP contribution is -2.35. The Balaban J connectivity index is 2.80. The van der Waals surface area contributed by atoms with Gasteiger partial charge >= 0.3 is 0 Å². The third-order valence-electron chi connectivity index (χ3n) is 2.30. The van der Waals surface area contributed by atoms with Gasteiger partial charge in [-0.05, 0) is 27.4 Å². The molecule has 0 aliphatic rings. The molecule has 0 bridgehead atoms. The smallest absolute Gasteiger partial charge is 0.0590 e. The van der Waals surface area contributed by atoms with Gasteiger partial charge in [0.25, 0.3) is 0 Å². The van der Waals surface area contributed by atoms with Gasteiger partial charge in [0.15, 0.2) is 0 Å². The summed E-state index contributed by atoms with van der Waals surface area (Å²) < 4.78 is 0.962. The molecular weight excluding hydrogens is 275 g/mol. The molecule has 0 saturated heterocycles. The highest BCUT2D eigenvalue weighted by Gasteiger charge is 2.23. The van der Waals surface area contributed by atoms with Crippen LogP contribution in [0.4, 0.5) is 5.69 Å². The molecule has 1 heterocycles. The van der Waals surface area contributed by atoms with E-state index in [0.29, 0.717) is 5.88 Å². The fraction of sp³-hybridized carbons (Fsp3) is 0.545. The molecule has 0 aliphatic carbocycles. The number of anilines is 1. The van der Waals surface area contributed by atoms with Gasteiger partial charge in [0.05, 0.1) is 10.2 Å². The van der Waals surface area contributed by atoms with Crippen LogP contribution in [-0.2, 0) is 0 Å². The molecule has 1 unspecified atom stereocenters. The van der Waals surface area contributed by atoms with Gasteiger partial charge < -0.3 is 5.32 Å².